The van der Waals surface area contributed by atoms with E-state index in [1.807, 2.05) is 0 Å². The molecule has 0 amide bonds. The number of halogens is 1. The SMILES string of the molecule is COc1ccc(-c2ccc(F)cc2O)c(OC)c1. The van der Waals surface area contributed by atoms with Crippen LogP contribution in [0.1, 0.15) is 0 Å². The van der Waals surface area contributed by atoms with Gasteiger partial charge in [0, 0.05) is 23.3 Å². The molecular formula is C14H13FO3. The summed E-state index contributed by atoms with van der Waals surface area (Å²) >= 11 is 0. The second kappa shape index (κ2) is 4.96. The highest BCUT2D eigenvalue weighted by Gasteiger charge is 2.11. The summed E-state index contributed by atoms with van der Waals surface area (Å²) in [5, 5.41) is 9.76. The van der Waals surface area contributed by atoms with E-state index in [1.165, 1.54) is 19.2 Å². The number of benzene rings is 2. The van der Waals surface area contributed by atoms with Gasteiger partial charge in [-0.3, -0.25) is 0 Å². The maximum absolute atomic E-state index is 13.0. The Kier molecular flexibility index (Phi) is 3.37. The van der Waals surface area contributed by atoms with Crippen molar-refractivity contribution in [3.05, 3.63) is 42.2 Å². The van der Waals surface area contributed by atoms with Crippen LogP contribution < -0.4 is 9.47 Å². The highest BCUT2D eigenvalue weighted by molar-refractivity contribution is 5.76. The standard InChI is InChI=1S/C14H13FO3/c1-17-10-4-6-12(14(8-10)18-2)11-5-3-9(15)7-13(11)16/h3-8,16H,1-2H3. The number of phenols is 1. The molecule has 0 aliphatic heterocycles. The molecule has 0 aliphatic carbocycles. The van der Waals surface area contributed by atoms with E-state index < -0.39 is 5.82 Å². The van der Waals surface area contributed by atoms with Crippen molar-refractivity contribution in [2.24, 2.45) is 0 Å². The average Bonchev–Trinajstić information content (AvgIpc) is 2.38. The Morgan fingerprint density at radius 2 is 1.67 bits per heavy atom. The van der Waals surface area contributed by atoms with Crippen LogP contribution in [-0.2, 0) is 0 Å². The summed E-state index contributed by atoms with van der Waals surface area (Å²) in [6, 6.07) is 9.08. The van der Waals surface area contributed by atoms with Crippen molar-refractivity contribution >= 4 is 0 Å². The van der Waals surface area contributed by atoms with E-state index in [1.54, 1.807) is 25.3 Å². The van der Waals surface area contributed by atoms with E-state index >= 15 is 0 Å². The van der Waals surface area contributed by atoms with Crippen LogP contribution in [0, 0.1) is 5.82 Å². The van der Waals surface area contributed by atoms with E-state index in [0.717, 1.165) is 6.07 Å². The van der Waals surface area contributed by atoms with Crippen LogP contribution in [0.2, 0.25) is 0 Å². The third-order valence-corrected chi connectivity index (χ3v) is 2.66. The van der Waals surface area contributed by atoms with Crippen LogP contribution in [0.25, 0.3) is 11.1 Å². The first-order chi connectivity index (χ1) is 8.65. The molecule has 0 bridgehead atoms. The number of rotatable bonds is 3. The number of hydrogen-bond donors (Lipinski definition) is 1. The number of aromatic hydroxyl groups is 1. The molecule has 2 aromatic carbocycles. The molecule has 18 heavy (non-hydrogen) atoms. The fraction of sp³-hybridized carbons (Fsp3) is 0.143. The van der Waals surface area contributed by atoms with Gasteiger partial charge in [0.2, 0.25) is 0 Å². The van der Waals surface area contributed by atoms with Crippen LogP contribution >= 0.6 is 0 Å². The van der Waals surface area contributed by atoms with E-state index in [9.17, 15) is 9.50 Å². The fourth-order valence-electron chi connectivity index (χ4n) is 1.75. The first-order valence-corrected chi connectivity index (χ1v) is 5.36. The van der Waals surface area contributed by atoms with Crippen LogP contribution in [0.5, 0.6) is 17.2 Å². The van der Waals surface area contributed by atoms with Crippen LogP contribution in [0.3, 0.4) is 0 Å². The lowest BCUT2D eigenvalue weighted by molar-refractivity contribution is 0.395. The largest absolute Gasteiger partial charge is 0.507 e. The van der Waals surface area contributed by atoms with Gasteiger partial charge in [-0.2, -0.15) is 0 Å². The van der Waals surface area contributed by atoms with Gasteiger partial charge in [0.25, 0.3) is 0 Å². The van der Waals surface area contributed by atoms with Crippen LogP contribution in [0.15, 0.2) is 36.4 Å². The van der Waals surface area contributed by atoms with E-state index in [0.29, 0.717) is 22.6 Å². The Morgan fingerprint density at radius 3 is 2.28 bits per heavy atom. The third-order valence-electron chi connectivity index (χ3n) is 2.66. The van der Waals surface area contributed by atoms with E-state index in [-0.39, 0.29) is 5.75 Å². The number of ether oxygens (including phenoxy) is 2. The number of hydrogen-bond acceptors (Lipinski definition) is 3. The molecule has 0 aliphatic rings. The first kappa shape index (κ1) is 12.2. The number of phenolic OH excluding ortho intramolecular Hbond substituents is 1. The predicted molar refractivity (Wildman–Crippen MR) is 66.6 cm³/mol. The van der Waals surface area contributed by atoms with Gasteiger partial charge in [-0.05, 0) is 24.3 Å². The second-order valence-corrected chi connectivity index (χ2v) is 3.73. The summed E-state index contributed by atoms with van der Waals surface area (Å²) in [6.07, 6.45) is 0. The fourth-order valence-corrected chi connectivity index (χ4v) is 1.75. The smallest absolute Gasteiger partial charge is 0.130 e. The van der Waals surface area contributed by atoms with Crippen LogP contribution in [0.4, 0.5) is 4.39 Å². The Hall–Kier alpha value is -2.23. The van der Waals surface area contributed by atoms with Crippen molar-refractivity contribution < 1.29 is 19.0 Å². The minimum Gasteiger partial charge on any atom is -0.507 e. The first-order valence-electron chi connectivity index (χ1n) is 5.36. The Bertz CT molecular complexity index is 567. The summed E-state index contributed by atoms with van der Waals surface area (Å²) in [6.45, 7) is 0. The van der Waals surface area contributed by atoms with Crippen molar-refractivity contribution in [1.82, 2.24) is 0 Å². The van der Waals surface area contributed by atoms with Gasteiger partial charge < -0.3 is 14.6 Å². The van der Waals surface area contributed by atoms with Crippen molar-refractivity contribution in [3.63, 3.8) is 0 Å². The highest BCUT2D eigenvalue weighted by atomic mass is 19.1. The molecular weight excluding hydrogens is 235 g/mol. The lowest BCUT2D eigenvalue weighted by Gasteiger charge is -2.11. The molecule has 0 aromatic heterocycles. The lowest BCUT2D eigenvalue weighted by Crippen LogP contribution is -1.91. The third kappa shape index (κ3) is 2.22. The quantitative estimate of drug-likeness (QED) is 0.906. The van der Waals surface area contributed by atoms with Crippen molar-refractivity contribution in [2.45, 2.75) is 0 Å². The molecule has 0 fully saturated rings. The molecule has 3 nitrogen and oxygen atoms in total. The number of methoxy groups -OCH3 is 2. The maximum Gasteiger partial charge on any atom is 0.130 e. The van der Waals surface area contributed by atoms with Crippen molar-refractivity contribution in [1.29, 1.82) is 0 Å². The van der Waals surface area contributed by atoms with Gasteiger partial charge in [-0.25, -0.2) is 4.39 Å². The zero-order valence-electron chi connectivity index (χ0n) is 10.1. The molecule has 0 saturated heterocycles. The zero-order chi connectivity index (χ0) is 13.1. The van der Waals surface area contributed by atoms with Gasteiger partial charge in [-0.15, -0.1) is 0 Å². The van der Waals surface area contributed by atoms with Crippen molar-refractivity contribution in [2.75, 3.05) is 14.2 Å². The molecule has 0 unspecified atom stereocenters. The molecule has 0 heterocycles. The summed E-state index contributed by atoms with van der Waals surface area (Å²) < 4.78 is 23.3. The Labute approximate surface area is 104 Å². The minimum atomic E-state index is -0.483. The monoisotopic (exact) mass is 248 g/mol. The highest BCUT2D eigenvalue weighted by Crippen LogP contribution is 2.37. The molecule has 4 heteroatoms. The van der Waals surface area contributed by atoms with Crippen LogP contribution in [-0.4, -0.2) is 19.3 Å². The van der Waals surface area contributed by atoms with Gasteiger partial charge >= 0.3 is 0 Å². The molecule has 94 valence electrons. The van der Waals surface area contributed by atoms with Gasteiger partial charge in [0.05, 0.1) is 14.2 Å². The molecule has 0 radical (unpaired) electrons. The van der Waals surface area contributed by atoms with Crippen molar-refractivity contribution in [3.8, 4) is 28.4 Å². The second-order valence-electron chi connectivity index (χ2n) is 3.73. The molecule has 1 N–H and O–H groups in total. The average molecular weight is 248 g/mol. The van der Waals surface area contributed by atoms with E-state index in [2.05, 4.69) is 0 Å². The summed E-state index contributed by atoms with van der Waals surface area (Å²) in [5.41, 5.74) is 1.19. The molecule has 2 rings (SSSR count). The predicted octanol–water partition coefficient (Wildman–Crippen LogP) is 3.22. The topological polar surface area (TPSA) is 38.7 Å². The minimum absolute atomic E-state index is 0.126. The van der Waals surface area contributed by atoms with Gasteiger partial charge in [0.1, 0.15) is 23.1 Å². The summed E-state index contributed by atoms with van der Waals surface area (Å²) in [7, 11) is 3.09. The Balaban J connectivity index is 2.56. The van der Waals surface area contributed by atoms with E-state index in [4.69, 9.17) is 9.47 Å². The molecule has 0 atom stereocenters. The lowest BCUT2D eigenvalue weighted by atomic mass is 10.0. The van der Waals surface area contributed by atoms with Gasteiger partial charge in [-0.1, -0.05) is 0 Å². The maximum atomic E-state index is 13.0. The Morgan fingerprint density at radius 1 is 0.944 bits per heavy atom. The zero-order valence-corrected chi connectivity index (χ0v) is 10.1. The molecule has 0 spiro atoms. The summed E-state index contributed by atoms with van der Waals surface area (Å²) in [5.74, 6) is 0.593. The summed E-state index contributed by atoms with van der Waals surface area (Å²) in [4.78, 5) is 0. The normalized spacial score (nSPS) is 10.2. The molecule has 0 saturated carbocycles. The molecule has 2 aromatic rings. The van der Waals surface area contributed by atoms with Gasteiger partial charge in [0.15, 0.2) is 0 Å².